The number of carbonyl (C=O) groups is 1. The van der Waals surface area contributed by atoms with Gasteiger partial charge < -0.3 is 24.4 Å². The number of urea groups is 1. The van der Waals surface area contributed by atoms with E-state index in [1.165, 1.54) is 0 Å². The van der Waals surface area contributed by atoms with Crippen LogP contribution in [0, 0.1) is 0 Å². The average Bonchev–Trinajstić information content (AvgIpc) is 2.82. The normalized spacial score (nSPS) is 21.9. The third-order valence-electron chi connectivity index (χ3n) is 4.26. The first-order chi connectivity index (χ1) is 11.9. The van der Waals surface area contributed by atoms with Crippen LogP contribution in [0.2, 0.25) is 0 Å². The number of nitrogens with one attached hydrogen (secondary N) is 1. The molecule has 0 spiro atoms. The van der Waals surface area contributed by atoms with Gasteiger partial charge in [0.1, 0.15) is 24.2 Å². The molecule has 1 aromatic carbocycles. The molecule has 1 saturated heterocycles. The second kappa shape index (κ2) is 7.03. The van der Waals surface area contributed by atoms with E-state index in [9.17, 15) is 13.6 Å². The van der Waals surface area contributed by atoms with Crippen molar-refractivity contribution in [3.63, 3.8) is 0 Å². The van der Waals surface area contributed by atoms with Crippen LogP contribution in [0.3, 0.4) is 0 Å². The van der Waals surface area contributed by atoms with Gasteiger partial charge >= 0.3 is 6.03 Å². The zero-order chi connectivity index (χ0) is 18.0. The highest BCUT2D eigenvalue weighted by Crippen LogP contribution is 2.35. The predicted octanol–water partition coefficient (Wildman–Crippen LogP) is 2.20. The first-order valence-electron chi connectivity index (χ1n) is 8.23. The van der Waals surface area contributed by atoms with E-state index in [1.54, 1.807) is 7.11 Å². The van der Waals surface area contributed by atoms with Crippen LogP contribution in [-0.2, 0) is 17.7 Å². The molecular weight excluding hydrogens is 334 g/mol. The quantitative estimate of drug-likeness (QED) is 0.902. The van der Waals surface area contributed by atoms with E-state index in [2.05, 4.69) is 5.32 Å². The molecule has 2 amide bonds. The molecule has 138 valence electrons. The minimum Gasteiger partial charge on any atom is -0.496 e. The molecule has 1 aromatic rings. The van der Waals surface area contributed by atoms with Crippen LogP contribution in [0.5, 0.6) is 11.5 Å². The molecule has 6 nitrogen and oxygen atoms in total. The van der Waals surface area contributed by atoms with Crippen LogP contribution in [0.25, 0.3) is 0 Å². The minimum absolute atomic E-state index is 0.0942. The fraction of sp³-hybridized carbons (Fsp3) is 0.588. The first kappa shape index (κ1) is 17.7. The second-order valence-electron chi connectivity index (χ2n) is 6.39. The van der Waals surface area contributed by atoms with E-state index in [4.69, 9.17) is 14.2 Å². The molecule has 0 aliphatic carbocycles. The van der Waals surface area contributed by atoms with Crippen LogP contribution < -0.4 is 14.8 Å². The molecule has 0 bridgehead atoms. The van der Waals surface area contributed by atoms with Gasteiger partial charge in [0.05, 0.1) is 20.3 Å². The van der Waals surface area contributed by atoms with Crippen molar-refractivity contribution in [2.24, 2.45) is 0 Å². The number of hydrogen-bond donors (Lipinski definition) is 1. The standard InChI is InChI=1S/C17H22F2N2O4/c1-11-5-12-6-14(23-2)13(7-15(12)25-11)8-20-16(22)21-3-4-24-10-17(18,19)9-21/h6-7,11H,3-5,8-10H2,1-2H3,(H,20,22). The molecule has 0 radical (unpaired) electrons. The van der Waals surface area contributed by atoms with E-state index in [1.807, 2.05) is 19.1 Å². The molecule has 1 atom stereocenters. The summed E-state index contributed by atoms with van der Waals surface area (Å²) in [6, 6.07) is 3.17. The lowest BCUT2D eigenvalue weighted by molar-refractivity contribution is -0.0652. The predicted molar refractivity (Wildman–Crippen MR) is 86.4 cm³/mol. The van der Waals surface area contributed by atoms with E-state index in [0.29, 0.717) is 5.75 Å². The highest BCUT2D eigenvalue weighted by atomic mass is 19.3. The highest BCUT2D eigenvalue weighted by Gasteiger charge is 2.36. The number of nitrogens with zero attached hydrogens (tertiary/aromatic N) is 1. The van der Waals surface area contributed by atoms with E-state index in [-0.39, 0.29) is 25.8 Å². The molecular formula is C17H22F2N2O4. The van der Waals surface area contributed by atoms with Crippen molar-refractivity contribution in [3.05, 3.63) is 23.3 Å². The number of ether oxygens (including phenoxy) is 3. The van der Waals surface area contributed by atoms with Gasteiger partial charge in [-0.15, -0.1) is 0 Å². The van der Waals surface area contributed by atoms with E-state index < -0.39 is 25.1 Å². The Morgan fingerprint density at radius 2 is 2.28 bits per heavy atom. The van der Waals surface area contributed by atoms with Gasteiger partial charge in [-0.1, -0.05) is 0 Å². The summed E-state index contributed by atoms with van der Waals surface area (Å²) in [5.74, 6) is -1.63. The summed E-state index contributed by atoms with van der Waals surface area (Å²) in [4.78, 5) is 13.3. The fourth-order valence-electron chi connectivity index (χ4n) is 3.07. The number of alkyl halides is 2. The molecule has 0 saturated carbocycles. The number of benzene rings is 1. The maximum Gasteiger partial charge on any atom is 0.317 e. The third kappa shape index (κ3) is 4.12. The van der Waals surface area contributed by atoms with Crippen molar-refractivity contribution >= 4 is 6.03 Å². The molecule has 1 N–H and O–H groups in total. The molecule has 8 heteroatoms. The molecule has 0 aromatic heterocycles. The summed E-state index contributed by atoms with van der Waals surface area (Å²) in [7, 11) is 1.55. The lowest BCUT2D eigenvalue weighted by Gasteiger charge is -2.23. The molecule has 2 heterocycles. The minimum atomic E-state index is -3.04. The monoisotopic (exact) mass is 356 g/mol. The molecule has 2 aliphatic rings. The van der Waals surface area contributed by atoms with Crippen LogP contribution in [0.4, 0.5) is 13.6 Å². The summed E-state index contributed by atoms with van der Waals surface area (Å²) < 4.78 is 43.1. The van der Waals surface area contributed by atoms with Gasteiger partial charge in [0.15, 0.2) is 0 Å². The summed E-state index contributed by atoms with van der Waals surface area (Å²) in [6.45, 7) is 1.05. The van der Waals surface area contributed by atoms with E-state index in [0.717, 1.165) is 28.2 Å². The number of carbonyl (C=O) groups excluding carboxylic acids is 1. The smallest absolute Gasteiger partial charge is 0.317 e. The van der Waals surface area contributed by atoms with Crippen LogP contribution in [0.15, 0.2) is 12.1 Å². The van der Waals surface area contributed by atoms with Crippen LogP contribution >= 0.6 is 0 Å². The SMILES string of the molecule is COc1cc2c(cc1CNC(=O)N1CCOCC(F)(F)C1)OC(C)C2. The summed E-state index contributed by atoms with van der Waals surface area (Å²) in [5, 5.41) is 2.67. The van der Waals surface area contributed by atoms with Crippen molar-refractivity contribution in [3.8, 4) is 11.5 Å². The Morgan fingerprint density at radius 3 is 3.04 bits per heavy atom. The number of halogens is 2. The molecule has 1 unspecified atom stereocenters. The van der Waals surface area contributed by atoms with Gasteiger partial charge in [0, 0.05) is 30.6 Å². The van der Waals surface area contributed by atoms with Crippen molar-refractivity contribution in [2.45, 2.75) is 31.9 Å². The van der Waals surface area contributed by atoms with Gasteiger partial charge in [0.2, 0.25) is 0 Å². The zero-order valence-electron chi connectivity index (χ0n) is 14.3. The van der Waals surface area contributed by atoms with Gasteiger partial charge in [-0.2, -0.15) is 0 Å². The highest BCUT2D eigenvalue weighted by molar-refractivity contribution is 5.74. The maximum absolute atomic E-state index is 13.6. The number of hydrogen-bond acceptors (Lipinski definition) is 4. The number of rotatable bonds is 3. The lowest BCUT2D eigenvalue weighted by Crippen LogP contribution is -2.45. The largest absolute Gasteiger partial charge is 0.496 e. The van der Waals surface area contributed by atoms with Crippen molar-refractivity contribution in [1.29, 1.82) is 0 Å². The number of methoxy groups -OCH3 is 1. The topological polar surface area (TPSA) is 60.0 Å². The Bertz CT molecular complexity index is 654. The van der Waals surface area contributed by atoms with Gasteiger partial charge in [-0.05, 0) is 19.1 Å². The Kier molecular flexibility index (Phi) is 4.99. The van der Waals surface area contributed by atoms with Crippen molar-refractivity contribution in [2.75, 3.05) is 33.4 Å². The number of amides is 2. The van der Waals surface area contributed by atoms with Gasteiger partial charge in [-0.3, -0.25) is 0 Å². The van der Waals surface area contributed by atoms with E-state index >= 15 is 0 Å². The Labute approximate surface area is 145 Å². The van der Waals surface area contributed by atoms with Gasteiger partial charge in [0.25, 0.3) is 5.92 Å². The fourth-order valence-corrected chi connectivity index (χ4v) is 3.07. The van der Waals surface area contributed by atoms with Crippen LogP contribution in [-0.4, -0.2) is 56.4 Å². The average molecular weight is 356 g/mol. The maximum atomic E-state index is 13.6. The summed E-state index contributed by atoms with van der Waals surface area (Å²) in [6.07, 6.45) is 0.908. The molecule has 1 fully saturated rings. The van der Waals surface area contributed by atoms with Crippen molar-refractivity contribution in [1.82, 2.24) is 10.2 Å². The molecule has 2 aliphatic heterocycles. The zero-order valence-corrected chi connectivity index (χ0v) is 14.3. The van der Waals surface area contributed by atoms with Crippen LogP contribution in [0.1, 0.15) is 18.1 Å². The lowest BCUT2D eigenvalue weighted by atomic mass is 10.1. The Morgan fingerprint density at radius 1 is 1.48 bits per heavy atom. The first-order valence-corrected chi connectivity index (χ1v) is 8.23. The van der Waals surface area contributed by atoms with Gasteiger partial charge in [-0.25, -0.2) is 13.6 Å². The summed E-state index contributed by atoms with van der Waals surface area (Å²) >= 11 is 0. The van der Waals surface area contributed by atoms with Crippen molar-refractivity contribution < 1.29 is 27.8 Å². The third-order valence-corrected chi connectivity index (χ3v) is 4.26. The Balaban J connectivity index is 1.67. The second-order valence-corrected chi connectivity index (χ2v) is 6.39. The number of fused-ring (bicyclic) bond motifs is 1. The molecule has 25 heavy (non-hydrogen) atoms. The summed E-state index contributed by atoms with van der Waals surface area (Å²) in [5.41, 5.74) is 1.80. The Hall–Kier alpha value is -2.09. The molecule has 3 rings (SSSR count).